The monoisotopic (exact) mass is 350 g/mol. The van der Waals surface area contributed by atoms with Gasteiger partial charge in [-0.3, -0.25) is 5.10 Å². The lowest BCUT2D eigenvalue weighted by atomic mass is 9.90. The third-order valence-electron chi connectivity index (χ3n) is 4.85. The Bertz CT molecular complexity index is 993. The molecule has 3 heterocycles. The smallest absolute Gasteiger partial charge is 0.235 e. The summed E-state index contributed by atoms with van der Waals surface area (Å²) < 4.78 is 1.86. The molecule has 1 saturated carbocycles. The standard InChI is InChI=1S/C18H18N6S/c1-3-7-12(8-4-1)14-11-15(20-19-14)16-21-22-18-24(16)23-17(25-18)13-9-5-2-6-10-13/h1,3-4,7-8,11,13H,2,5-6,9-10H2,(H,19,20). The lowest BCUT2D eigenvalue weighted by Gasteiger charge is -2.18. The summed E-state index contributed by atoms with van der Waals surface area (Å²) in [6.07, 6.45) is 6.43. The number of aromatic nitrogens is 6. The summed E-state index contributed by atoms with van der Waals surface area (Å²) in [5, 5.41) is 22.1. The van der Waals surface area contributed by atoms with Crippen LogP contribution >= 0.6 is 11.3 Å². The minimum Gasteiger partial charge on any atom is -0.274 e. The zero-order valence-corrected chi connectivity index (χ0v) is 14.5. The third-order valence-corrected chi connectivity index (χ3v) is 5.91. The second-order valence-electron chi connectivity index (χ2n) is 6.53. The van der Waals surface area contributed by atoms with Crippen LogP contribution < -0.4 is 0 Å². The van der Waals surface area contributed by atoms with Gasteiger partial charge in [0.15, 0.2) is 0 Å². The van der Waals surface area contributed by atoms with Gasteiger partial charge < -0.3 is 0 Å². The van der Waals surface area contributed by atoms with Crippen molar-refractivity contribution in [2.75, 3.05) is 0 Å². The van der Waals surface area contributed by atoms with Crippen LogP contribution in [0.3, 0.4) is 0 Å². The molecule has 1 aliphatic carbocycles. The van der Waals surface area contributed by atoms with E-state index in [4.69, 9.17) is 5.10 Å². The topological polar surface area (TPSA) is 71.8 Å². The van der Waals surface area contributed by atoms with E-state index < -0.39 is 0 Å². The maximum absolute atomic E-state index is 4.82. The first kappa shape index (κ1) is 14.8. The highest BCUT2D eigenvalue weighted by Crippen LogP contribution is 2.35. The first-order valence-corrected chi connectivity index (χ1v) is 9.53. The average Bonchev–Trinajstić information content (AvgIpc) is 3.38. The van der Waals surface area contributed by atoms with E-state index in [0.29, 0.717) is 5.92 Å². The Morgan fingerprint density at radius 3 is 2.72 bits per heavy atom. The molecular formula is C18H18N6S. The van der Waals surface area contributed by atoms with Crippen molar-refractivity contribution in [3.8, 4) is 22.8 Å². The fourth-order valence-corrected chi connectivity index (χ4v) is 4.51. The molecule has 0 unspecified atom stereocenters. The SMILES string of the molecule is c1ccc(-c2cc(-c3nnc4sc(C5CCCCC5)nn34)[nH]n2)cc1. The maximum Gasteiger partial charge on any atom is 0.235 e. The first-order chi connectivity index (χ1) is 12.4. The maximum atomic E-state index is 4.82. The average molecular weight is 350 g/mol. The molecule has 0 aliphatic heterocycles. The van der Waals surface area contributed by atoms with Crippen molar-refractivity contribution in [1.82, 2.24) is 30.0 Å². The van der Waals surface area contributed by atoms with Gasteiger partial charge in [0.1, 0.15) is 10.7 Å². The Hall–Kier alpha value is -2.54. The number of rotatable bonds is 3. The zero-order valence-electron chi connectivity index (χ0n) is 13.7. The quantitative estimate of drug-likeness (QED) is 0.598. The molecule has 0 bridgehead atoms. The van der Waals surface area contributed by atoms with Gasteiger partial charge in [-0.05, 0) is 18.9 Å². The molecule has 1 fully saturated rings. The molecule has 4 aromatic rings. The van der Waals surface area contributed by atoms with E-state index in [1.807, 2.05) is 40.9 Å². The summed E-state index contributed by atoms with van der Waals surface area (Å²) in [6.45, 7) is 0. The zero-order chi connectivity index (χ0) is 16.6. The van der Waals surface area contributed by atoms with Gasteiger partial charge in [0.2, 0.25) is 10.8 Å². The fourth-order valence-electron chi connectivity index (χ4n) is 3.51. The number of benzene rings is 1. The highest BCUT2D eigenvalue weighted by Gasteiger charge is 2.22. The fraction of sp³-hybridized carbons (Fsp3) is 0.333. The van der Waals surface area contributed by atoms with Crippen LogP contribution in [-0.4, -0.2) is 30.0 Å². The van der Waals surface area contributed by atoms with Gasteiger partial charge in [0, 0.05) is 11.5 Å². The largest absolute Gasteiger partial charge is 0.274 e. The third kappa shape index (κ3) is 2.64. The van der Waals surface area contributed by atoms with Crippen LogP contribution in [0, 0.1) is 0 Å². The molecule has 3 aromatic heterocycles. The Balaban J connectivity index is 1.50. The summed E-state index contributed by atoms with van der Waals surface area (Å²) in [7, 11) is 0. The Morgan fingerprint density at radius 2 is 1.88 bits per heavy atom. The Labute approximate surface area is 148 Å². The lowest BCUT2D eigenvalue weighted by Crippen LogP contribution is -2.05. The highest BCUT2D eigenvalue weighted by molar-refractivity contribution is 7.16. The van der Waals surface area contributed by atoms with Crippen LogP contribution in [0.15, 0.2) is 36.4 Å². The molecule has 7 heteroatoms. The van der Waals surface area contributed by atoms with Gasteiger partial charge >= 0.3 is 0 Å². The molecule has 0 atom stereocenters. The molecule has 0 amide bonds. The minimum absolute atomic E-state index is 0.579. The van der Waals surface area contributed by atoms with Crippen molar-refractivity contribution in [2.45, 2.75) is 38.0 Å². The van der Waals surface area contributed by atoms with Gasteiger partial charge in [-0.1, -0.05) is 60.9 Å². The van der Waals surface area contributed by atoms with Crippen LogP contribution in [0.4, 0.5) is 0 Å². The second kappa shape index (κ2) is 6.07. The highest BCUT2D eigenvalue weighted by atomic mass is 32.1. The predicted molar refractivity (Wildman–Crippen MR) is 97.5 cm³/mol. The number of nitrogens with one attached hydrogen (secondary N) is 1. The predicted octanol–water partition coefficient (Wildman–Crippen LogP) is 4.29. The molecule has 25 heavy (non-hydrogen) atoms. The van der Waals surface area contributed by atoms with Crippen molar-refractivity contribution >= 4 is 16.3 Å². The number of fused-ring (bicyclic) bond motifs is 1. The van der Waals surface area contributed by atoms with Crippen LogP contribution in [0.2, 0.25) is 0 Å². The van der Waals surface area contributed by atoms with E-state index in [0.717, 1.165) is 27.7 Å². The number of hydrogen-bond donors (Lipinski definition) is 1. The van der Waals surface area contributed by atoms with E-state index in [1.165, 1.54) is 37.1 Å². The first-order valence-electron chi connectivity index (χ1n) is 8.72. The summed E-state index contributed by atoms with van der Waals surface area (Å²) in [6, 6.07) is 12.1. The Kier molecular flexibility index (Phi) is 3.59. The van der Waals surface area contributed by atoms with Crippen molar-refractivity contribution in [2.24, 2.45) is 0 Å². The van der Waals surface area contributed by atoms with Gasteiger partial charge in [-0.15, -0.1) is 10.2 Å². The number of H-pyrrole nitrogens is 1. The molecule has 0 spiro atoms. The van der Waals surface area contributed by atoms with Crippen molar-refractivity contribution in [3.63, 3.8) is 0 Å². The molecule has 6 nitrogen and oxygen atoms in total. The number of aromatic amines is 1. The summed E-state index contributed by atoms with van der Waals surface area (Å²) >= 11 is 1.67. The summed E-state index contributed by atoms with van der Waals surface area (Å²) in [5.41, 5.74) is 2.81. The van der Waals surface area contributed by atoms with Crippen LogP contribution in [-0.2, 0) is 0 Å². The van der Waals surface area contributed by atoms with Crippen molar-refractivity contribution in [3.05, 3.63) is 41.4 Å². The van der Waals surface area contributed by atoms with Gasteiger partial charge in [-0.25, -0.2) is 0 Å². The molecule has 1 aromatic carbocycles. The van der Waals surface area contributed by atoms with E-state index in [2.05, 4.69) is 20.4 Å². The van der Waals surface area contributed by atoms with E-state index in [9.17, 15) is 0 Å². The van der Waals surface area contributed by atoms with Crippen molar-refractivity contribution in [1.29, 1.82) is 0 Å². The van der Waals surface area contributed by atoms with Gasteiger partial charge in [0.25, 0.3) is 0 Å². The van der Waals surface area contributed by atoms with Crippen molar-refractivity contribution < 1.29 is 0 Å². The second-order valence-corrected chi connectivity index (χ2v) is 7.51. The summed E-state index contributed by atoms with van der Waals surface area (Å²) in [4.78, 5) is 0.853. The van der Waals surface area contributed by atoms with E-state index >= 15 is 0 Å². The molecule has 1 aliphatic rings. The van der Waals surface area contributed by atoms with Gasteiger partial charge in [0.05, 0.1) is 5.69 Å². The molecule has 5 rings (SSSR count). The van der Waals surface area contributed by atoms with Crippen LogP contribution in [0.5, 0.6) is 0 Å². The van der Waals surface area contributed by atoms with Crippen LogP contribution in [0.1, 0.15) is 43.0 Å². The van der Waals surface area contributed by atoms with Crippen LogP contribution in [0.25, 0.3) is 27.7 Å². The van der Waals surface area contributed by atoms with E-state index in [1.54, 1.807) is 11.3 Å². The normalized spacial score (nSPS) is 15.8. The molecular weight excluding hydrogens is 332 g/mol. The molecule has 0 radical (unpaired) electrons. The molecule has 126 valence electrons. The van der Waals surface area contributed by atoms with E-state index in [-0.39, 0.29) is 0 Å². The Morgan fingerprint density at radius 1 is 1.04 bits per heavy atom. The number of nitrogens with zero attached hydrogens (tertiary/aromatic N) is 5. The number of hydrogen-bond acceptors (Lipinski definition) is 5. The lowest BCUT2D eigenvalue weighted by molar-refractivity contribution is 0.440. The van der Waals surface area contributed by atoms with Gasteiger partial charge in [-0.2, -0.15) is 14.7 Å². The molecule has 0 saturated heterocycles. The minimum atomic E-state index is 0.579. The summed E-state index contributed by atoms with van der Waals surface area (Å²) in [5.74, 6) is 1.30. The molecule has 1 N–H and O–H groups in total.